The quantitative estimate of drug-likeness (QED) is 0.605. The van der Waals surface area contributed by atoms with Crippen LogP contribution in [0.3, 0.4) is 0 Å². The summed E-state index contributed by atoms with van der Waals surface area (Å²) in [6.07, 6.45) is 5.77. The summed E-state index contributed by atoms with van der Waals surface area (Å²) >= 11 is 0. The lowest BCUT2D eigenvalue weighted by Crippen LogP contribution is -2.23. The summed E-state index contributed by atoms with van der Waals surface area (Å²) in [5.41, 5.74) is 0. The van der Waals surface area contributed by atoms with Crippen molar-refractivity contribution in [2.75, 3.05) is 0 Å². The van der Waals surface area contributed by atoms with Gasteiger partial charge in [-0.15, -0.1) is 0 Å². The minimum atomic E-state index is -0.439. The smallest absolute Gasteiger partial charge is 0.419 e. The number of hydrogen-bond acceptors (Lipinski definition) is 3. The first kappa shape index (κ1) is 9.52. The molecule has 0 aromatic carbocycles. The molecule has 1 saturated carbocycles. The van der Waals surface area contributed by atoms with Gasteiger partial charge in [0.1, 0.15) is 0 Å². The maximum Gasteiger partial charge on any atom is 0.419 e. The molecule has 1 fully saturated rings. The van der Waals surface area contributed by atoms with E-state index in [1.54, 1.807) is 6.92 Å². The normalized spacial score (nSPS) is 21.8. The van der Waals surface area contributed by atoms with Crippen molar-refractivity contribution < 1.29 is 14.3 Å². The van der Waals surface area contributed by atoms with Crippen LogP contribution in [0, 0.1) is 0 Å². The van der Waals surface area contributed by atoms with Crippen LogP contribution in [-0.4, -0.2) is 18.9 Å². The highest BCUT2D eigenvalue weighted by molar-refractivity contribution is 5.38. The fourth-order valence-corrected chi connectivity index (χ4v) is 1.57. The third-order valence-corrected chi connectivity index (χ3v) is 2.15. The molecule has 0 aliphatic heterocycles. The Bertz CT molecular complexity index is 130. The standard InChI is InChI=1S/C9H15O3/c1-8(11-7-10)12-9-5-3-2-4-6-9/h8-9H,2-6H2,1H3. The summed E-state index contributed by atoms with van der Waals surface area (Å²) in [4.78, 5) is 9.83. The predicted molar refractivity (Wildman–Crippen MR) is 44.2 cm³/mol. The van der Waals surface area contributed by atoms with Crippen molar-refractivity contribution in [1.82, 2.24) is 0 Å². The molecule has 1 rings (SSSR count). The van der Waals surface area contributed by atoms with Crippen molar-refractivity contribution in [3.05, 3.63) is 0 Å². The van der Waals surface area contributed by atoms with E-state index in [1.807, 2.05) is 0 Å². The van der Waals surface area contributed by atoms with Crippen LogP contribution < -0.4 is 0 Å². The van der Waals surface area contributed by atoms with Crippen LogP contribution >= 0.6 is 0 Å². The second-order valence-corrected chi connectivity index (χ2v) is 3.16. The van der Waals surface area contributed by atoms with Gasteiger partial charge in [0.25, 0.3) is 0 Å². The minimum Gasteiger partial charge on any atom is -0.428 e. The summed E-state index contributed by atoms with van der Waals surface area (Å²) in [6.45, 7) is 3.10. The first-order chi connectivity index (χ1) is 5.83. The summed E-state index contributed by atoms with van der Waals surface area (Å²) < 4.78 is 9.96. The number of ether oxygens (including phenoxy) is 2. The molecule has 1 aliphatic rings. The molecule has 1 atom stereocenters. The van der Waals surface area contributed by atoms with Crippen LogP contribution in [0.1, 0.15) is 39.0 Å². The highest BCUT2D eigenvalue weighted by Crippen LogP contribution is 2.21. The maximum absolute atomic E-state index is 9.83. The first-order valence-corrected chi connectivity index (χ1v) is 4.51. The van der Waals surface area contributed by atoms with Gasteiger partial charge in [0.05, 0.1) is 6.10 Å². The Morgan fingerprint density at radius 1 is 1.33 bits per heavy atom. The second-order valence-electron chi connectivity index (χ2n) is 3.16. The third-order valence-electron chi connectivity index (χ3n) is 2.15. The van der Waals surface area contributed by atoms with Crippen molar-refractivity contribution >= 4 is 6.47 Å². The van der Waals surface area contributed by atoms with E-state index < -0.39 is 6.29 Å². The lowest BCUT2D eigenvalue weighted by molar-refractivity contribution is -0.123. The number of carbonyl (C=O) groups excluding carboxylic acids is 1. The Hall–Kier alpha value is -0.570. The van der Waals surface area contributed by atoms with Gasteiger partial charge in [-0.05, 0) is 19.8 Å². The monoisotopic (exact) mass is 171 g/mol. The van der Waals surface area contributed by atoms with E-state index in [1.165, 1.54) is 25.7 Å². The van der Waals surface area contributed by atoms with Crippen molar-refractivity contribution in [2.24, 2.45) is 0 Å². The summed E-state index contributed by atoms with van der Waals surface area (Å²) in [5, 5.41) is 0. The molecule has 1 unspecified atom stereocenters. The Kier molecular flexibility index (Phi) is 4.08. The average molecular weight is 171 g/mol. The van der Waals surface area contributed by atoms with E-state index in [0.29, 0.717) is 0 Å². The van der Waals surface area contributed by atoms with Crippen LogP contribution in [0.4, 0.5) is 0 Å². The zero-order chi connectivity index (χ0) is 8.81. The molecule has 0 N–H and O–H groups in total. The molecule has 0 heterocycles. The Labute approximate surface area is 73.0 Å². The zero-order valence-electron chi connectivity index (χ0n) is 7.41. The van der Waals surface area contributed by atoms with Crippen LogP contribution in [-0.2, 0) is 14.3 Å². The molecular formula is C9H15O3. The summed E-state index contributed by atoms with van der Waals surface area (Å²) in [6, 6.07) is 0. The molecule has 0 bridgehead atoms. The lowest BCUT2D eigenvalue weighted by Gasteiger charge is -2.24. The van der Waals surface area contributed by atoms with Crippen molar-refractivity contribution in [3.63, 3.8) is 0 Å². The minimum absolute atomic E-state index is 0.280. The van der Waals surface area contributed by atoms with Gasteiger partial charge >= 0.3 is 6.47 Å². The molecule has 0 saturated heterocycles. The SMILES string of the molecule is CC(O[C]=O)OC1CCCCC1. The highest BCUT2D eigenvalue weighted by atomic mass is 16.7. The lowest BCUT2D eigenvalue weighted by atomic mass is 9.98. The van der Waals surface area contributed by atoms with E-state index >= 15 is 0 Å². The molecule has 0 amide bonds. The zero-order valence-corrected chi connectivity index (χ0v) is 7.41. The van der Waals surface area contributed by atoms with Gasteiger partial charge in [0, 0.05) is 0 Å². The molecule has 12 heavy (non-hydrogen) atoms. The molecular weight excluding hydrogens is 156 g/mol. The Balaban J connectivity index is 2.15. The predicted octanol–water partition coefficient (Wildman–Crippen LogP) is 1.77. The third kappa shape index (κ3) is 3.22. The van der Waals surface area contributed by atoms with Gasteiger partial charge in [-0.3, -0.25) is 0 Å². The van der Waals surface area contributed by atoms with E-state index in [2.05, 4.69) is 4.74 Å². The largest absolute Gasteiger partial charge is 0.428 e. The van der Waals surface area contributed by atoms with Gasteiger partial charge < -0.3 is 9.47 Å². The van der Waals surface area contributed by atoms with Crippen molar-refractivity contribution in [1.29, 1.82) is 0 Å². The fourth-order valence-electron chi connectivity index (χ4n) is 1.57. The van der Waals surface area contributed by atoms with E-state index in [0.717, 1.165) is 12.8 Å². The second kappa shape index (κ2) is 5.14. The van der Waals surface area contributed by atoms with Gasteiger partial charge in [-0.1, -0.05) is 19.3 Å². The molecule has 1 aliphatic carbocycles. The maximum atomic E-state index is 9.83. The number of hydrogen-bond donors (Lipinski definition) is 0. The van der Waals surface area contributed by atoms with Gasteiger partial charge in [0.2, 0.25) is 6.29 Å². The van der Waals surface area contributed by atoms with Gasteiger partial charge in [0.15, 0.2) is 0 Å². The summed E-state index contributed by atoms with van der Waals surface area (Å²) in [7, 11) is 0. The van der Waals surface area contributed by atoms with Crippen LogP contribution in [0.2, 0.25) is 0 Å². The molecule has 0 aromatic heterocycles. The van der Waals surface area contributed by atoms with E-state index in [4.69, 9.17) is 4.74 Å². The molecule has 69 valence electrons. The Morgan fingerprint density at radius 3 is 2.58 bits per heavy atom. The van der Waals surface area contributed by atoms with Crippen molar-refractivity contribution in [2.45, 2.75) is 51.4 Å². The Morgan fingerprint density at radius 2 is 2.00 bits per heavy atom. The van der Waals surface area contributed by atoms with Crippen LogP contribution in [0.15, 0.2) is 0 Å². The molecule has 1 radical (unpaired) electrons. The summed E-state index contributed by atoms with van der Waals surface area (Å²) in [5.74, 6) is 0. The molecule has 0 aromatic rings. The van der Waals surface area contributed by atoms with E-state index in [9.17, 15) is 4.79 Å². The topological polar surface area (TPSA) is 35.5 Å². The molecule has 0 spiro atoms. The molecule has 3 nitrogen and oxygen atoms in total. The van der Waals surface area contributed by atoms with Crippen LogP contribution in [0.25, 0.3) is 0 Å². The first-order valence-electron chi connectivity index (χ1n) is 4.51. The van der Waals surface area contributed by atoms with Crippen LogP contribution in [0.5, 0.6) is 0 Å². The average Bonchev–Trinajstić information content (AvgIpc) is 2.06. The van der Waals surface area contributed by atoms with E-state index in [-0.39, 0.29) is 6.10 Å². The van der Waals surface area contributed by atoms with Gasteiger partial charge in [-0.2, -0.15) is 0 Å². The fraction of sp³-hybridized carbons (Fsp3) is 0.889. The van der Waals surface area contributed by atoms with Crippen molar-refractivity contribution in [3.8, 4) is 0 Å². The molecule has 3 heteroatoms. The highest BCUT2D eigenvalue weighted by Gasteiger charge is 2.16. The number of rotatable bonds is 4. The van der Waals surface area contributed by atoms with Gasteiger partial charge in [-0.25, -0.2) is 4.79 Å².